The molecule has 1 aliphatic heterocycles. The SMILES string of the molecule is C[C@@H]1CN(S(=O)(=O)c2cc(F)c(Cl)c(CO)c2)C[C@H](C)O1. The Morgan fingerprint density at radius 1 is 1.38 bits per heavy atom. The van der Waals surface area contributed by atoms with Crippen molar-refractivity contribution in [2.45, 2.75) is 37.6 Å². The van der Waals surface area contributed by atoms with Crippen LogP contribution in [0, 0.1) is 5.82 Å². The number of halogens is 2. The van der Waals surface area contributed by atoms with Crippen molar-refractivity contribution < 1.29 is 22.7 Å². The molecule has 1 aromatic carbocycles. The quantitative estimate of drug-likeness (QED) is 0.912. The van der Waals surface area contributed by atoms with E-state index in [9.17, 15) is 12.8 Å². The fourth-order valence-corrected chi connectivity index (χ4v) is 4.18. The molecule has 0 amide bonds. The number of aliphatic hydroxyl groups is 1. The smallest absolute Gasteiger partial charge is 0.243 e. The second-order valence-electron chi connectivity index (χ2n) is 5.12. The number of ether oxygens (including phenoxy) is 1. The van der Waals surface area contributed by atoms with Crippen LogP contribution in [-0.2, 0) is 21.4 Å². The lowest BCUT2D eigenvalue weighted by atomic mass is 10.2. The molecule has 2 atom stereocenters. The van der Waals surface area contributed by atoms with Crippen LogP contribution >= 0.6 is 11.6 Å². The van der Waals surface area contributed by atoms with Gasteiger partial charge in [0.2, 0.25) is 10.0 Å². The Hall–Kier alpha value is -0.730. The number of morpholine rings is 1. The van der Waals surface area contributed by atoms with Gasteiger partial charge in [-0.05, 0) is 26.0 Å². The molecule has 2 rings (SSSR count). The first-order valence-corrected chi connectivity index (χ1v) is 8.32. The first-order chi connectivity index (χ1) is 9.75. The van der Waals surface area contributed by atoms with E-state index < -0.39 is 22.4 Å². The molecule has 0 spiro atoms. The third-order valence-electron chi connectivity index (χ3n) is 3.27. The maximum absolute atomic E-state index is 13.7. The predicted octanol–water partition coefficient (Wildman–Crippen LogP) is 1.77. The highest BCUT2D eigenvalue weighted by atomic mass is 35.5. The first kappa shape index (κ1) is 16.6. The zero-order chi connectivity index (χ0) is 15.8. The summed E-state index contributed by atoms with van der Waals surface area (Å²) in [6, 6.07) is 2.08. The Kier molecular flexibility index (Phi) is 4.89. The van der Waals surface area contributed by atoms with E-state index in [0.29, 0.717) is 0 Å². The van der Waals surface area contributed by atoms with Crippen molar-refractivity contribution in [2.24, 2.45) is 0 Å². The molecule has 5 nitrogen and oxygen atoms in total. The Bertz CT molecular complexity index is 627. The average Bonchev–Trinajstić information content (AvgIpc) is 2.40. The van der Waals surface area contributed by atoms with Crippen LogP contribution in [0.15, 0.2) is 17.0 Å². The summed E-state index contributed by atoms with van der Waals surface area (Å²) in [6.45, 7) is 3.42. The second-order valence-corrected chi connectivity index (χ2v) is 7.43. The monoisotopic (exact) mass is 337 g/mol. The van der Waals surface area contributed by atoms with E-state index in [1.807, 2.05) is 0 Å². The Morgan fingerprint density at radius 2 is 1.95 bits per heavy atom. The minimum Gasteiger partial charge on any atom is -0.392 e. The van der Waals surface area contributed by atoms with E-state index in [2.05, 4.69) is 0 Å². The summed E-state index contributed by atoms with van der Waals surface area (Å²) in [5, 5.41) is 8.88. The van der Waals surface area contributed by atoms with E-state index in [4.69, 9.17) is 21.4 Å². The minimum atomic E-state index is -3.86. The molecule has 0 unspecified atom stereocenters. The van der Waals surface area contributed by atoms with Crippen molar-refractivity contribution in [1.29, 1.82) is 0 Å². The van der Waals surface area contributed by atoms with Crippen LogP contribution in [0.4, 0.5) is 4.39 Å². The number of hydrogen-bond acceptors (Lipinski definition) is 4. The zero-order valence-electron chi connectivity index (χ0n) is 11.7. The molecule has 118 valence electrons. The third-order valence-corrected chi connectivity index (χ3v) is 5.50. The molecule has 1 N–H and O–H groups in total. The molecule has 8 heteroatoms. The van der Waals surface area contributed by atoms with Gasteiger partial charge in [0.1, 0.15) is 5.82 Å². The first-order valence-electron chi connectivity index (χ1n) is 6.50. The van der Waals surface area contributed by atoms with Crippen molar-refractivity contribution in [3.8, 4) is 0 Å². The summed E-state index contributed by atoms with van der Waals surface area (Å²) in [5.41, 5.74) is 0.0459. The van der Waals surface area contributed by atoms with Crippen molar-refractivity contribution in [3.05, 3.63) is 28.5 Å². The summed E-state index contributed by atoms with van der Waals surface area (Å²) < 4.78 is 45.7. The van der Waals surface area contributed by atoms with Crippen LogP contribution < -0.4 is 0 Å². The lowest BCUT2D eigenvalue weighted by molar-refractivity contribution is -0.0440. The predicted molar refractivity (Wildman–Crippen MR) is 76.1 cm³/mol. The average molecular weight is 338 g/mol. The van der Waals surface area contributed by atoms with Gasteiger partial charge in [0.25, 0.3) is 0 Å². The lowest BCUT2D eigenvalue weighted by Gasteiger charge is -2.34. The van der Waals surface area contributed by atoms with Crippen LogP contribution in [0.5, 0.6) is 0 Å². The Labute approximate surface area is 128 Å². The molecule has 0 bridgehead atoms. The lowest BCUT2D eigenvalue weighted by Crippen LogP contribution is -2.48. The molecule has 21 heavy (non-hydrogen) atoms. The van der Waals surface area contributed by atoms with Gasteiger partial charge in [-0.25, -0.2) is 12.8 Å². The molecule has 1 heterocycles. The number of sulfonamides is 1. The van der Waals surface area contributed by atoms with Gasteiger partial charge in [0.15, 0.2) is 0 Å². The molecular weight excluding hydrogens is 321 g/mol. The zero-order valence-corrected chi connectivity index (χ0v) is 13.3. The summed E-state index contributed by atoms with van der Waals surface area (Å²) >= 11 is 5.68. The number of nitrogens with zero attached hydrogens (tertiary/aromatic N) is 1. The fourth-order valence-electron chi connectivity index (χ4n) is 2.36. The largest absolute Gasteiger partial charge is 0.392 e. The highest BCUT2D eigenvalue weighted by Gasteiger charge is 2.33. The van der Waals surface area contributed by atoms with Gasteiger partial charge in [-0.1, -0.05) is 11.6 Å². The maximum Gasteiger partial charge on any atom is 0.243 e. The molecule has 0 aromatic heterocycles. The van der Waals surface area contributed by atoms with Crippen molar-refractivity contribution >= 4 is 21.6 Å². The minimum absolute atomic E-state index is 0.0459. The van der Waals surface area contributed by atoms with Gasteiger partial charge in [0.05, 0.1) is 28.7 Å². The van der Waals surface area contributed by atoms with Crippen molar-refractivity contribution in [2.75, 3.05) is 13.1 Å². The summed E-state index contributed by atoms with van der Waals surface area (Å²) in [7, 11) is -3.86. The number of hydrogen-bond donors (Lipinski definition) is 1. The molecule has 1 saturated heterocycles. The Morgan fingerprint density at radius 3 is 2.48 bits per heavy atom. The topological polar surface area (TPSA) is 66.8 Å². The van der Waals surface area contributed by atoms with Crippen LogP contribution in [0.3, 0.4) is 0 Å². The highest BCUT2D eigenvalue weighted by Crippen LogP contribution is 2.27. The number of rotatable bonds is 3. The van der Waals surface area contributed by atoms with Gasteiger partial charge in [-0.2, -0.15) is 4.31 Å². The van der Waals surface area contributed by atoms with E-state index in [1.54, 1.807) is 13.8 Å². The van der Waals surface area contributed by atoms with Crippen molar-refractivity contribution in [3.63, 3.8) is 0 Å². The molecular formula is C13H17ClFNO4S. The highest BCUT2D eigenvalue weighted by molar-refractivity contribution is 7.89. The van der Waals surface area contributed by atoms with Gasteiger partial charge in [0, 0.05) is 18.7 Å². The summed E-state index contributed by atoms with van der Waals surface area (Å²) in [4.78, 5) is -0.213. The van der Waals surface area contributed by atoms with Crippen LogP contribution in [-0.4, -0.2) is 43.1 Å². The molecule has 0 saturated carbocycles. The van der Waals surface area contributed by atoms with Crippen LogP contribution in [0.1, 0.15) is 19.4 Å². The number of aliphatic hydroxyl groups excluding tert-OH is 1. The second kappa shape index (κ2) is 6.18. The summed E-state index contributed by atoms with van der Waals surface area (Å²) in [6.07, 6.45) is -0.476. The molecule has 0 aliphatic carbocycles. The standard InChI is InChI=1S/C13H17ClFNO4S/c1-8-5-16(6-9(2)20-8)21(18,19)11-3-10(7-17)13(14)12(15)4-11/h3-4,8-9,17H,5-7H2,1-2H3/t8-,9+. The fraction of sp³-hybridized carbons (Fsp3) is 0.538. The molecule has 0 radical (unpaired) electrons. The van der Waals surface area contributed by atoms with E-state index >= 15 is 0 Å². The van der Waals surface area contributed by atoms with Gasteiger partial charge < -0.3 is 9.84 Å². The van der Waals surface area contributed by atoms with Crippen LogP contribution in [0.2, 0.25) is 5.02 Å². The molecule has 1 aliphatic rings. The molecule has 1 aromatic rings. The van der Waals surface area contributed by atoms with E-state index in [-0.39, 0.29) is 40.8 Å². The van der Waals surface area contributed by atoms with Gasteiger partial charge >= 0.3 is 0 Å². The number of benzene rings is 1. The third kappa shape index (κ3) is 3.37. The van der Waals surface area contributed by atoms with Gasteiger partial charge in [-0.3, -0.25) is 0 Å². The normalized spacial score (nSPS) is 24.2. The van der Waals surface area contributed by atoms with E-state index in [0.717, 1.165) is 6.07 Å². The summed E-state index contributed by atoms with van der Waals surface area (Å²) in [5.74, 6) is -0.865. The van der Waals surface area contributed by atoms with E-state index in [1.165, 1.54) is 10.4 Å². The van der Waals surface area contributed by atoms with Crippen LogP contribution in [0.25, 0.3) is 0 Å². The van der Waals surface area contributed by atoms with Crippen molar-refractivity contribution in [1.82, 2.24) is 4.31 Å². The Balaban J connectivity index is 2.42. The maximum atomic E-state index is 13.7. The van der Waals surface area contributed by atoms with Gasteiger partial charge in [-0.15, -0.1) is 0 Å². The molecule has 1 fully saturated rings.